The average molecular weight is 678 g/mol. The number of benzene rings is 7. The molecule has 0 bridgehead atoms. The highest BCUT2D eigenvalue weighted by atomic mass is 15.1. The number of hydrogen-bond acceptors (Lipinski definition) is 4. The van der Waals surface area contributed by atoms with Gasteiger partial charge in [0.25, 0.3) is 0 Å². The van der Waals surface area contributed by atoms with E-state index in [1.165, 1.54) is 5.39 Å². The smallest absolute Gasteiger partial charge is 0.160 e. The van der Waals surface area contributed by atoms with Crippen LogP contribution in [0.3, 0.4) is 0 Å². The summed E-state index contributed by atoms with van der Waals surface area (Å²) in [4.78, 5) is 19.9. The summed E-state index contributed by atoms with van der Waals surface area (Å²) < 4.78 is 2.29. The van der Waals surface area contributed by atoms with Crippen LogP contribution >= 0.6 is 0 Å². The van der Waals surface area contributed by atoms with E-state index in [1.807, 2.05) is 54.9 Å². The van der Waals surface area contributed by atoms with E-state index in [1.54, 1.807) is 0 Å². The predicted molar refractivity (Wildman–Crippen MR) is 217 cm³/mol. The molecular weight excluding hydrogens is 647 g/mol. The van der Waals surface area contributed by atoms with Crippen molar-refractivity contribution in [3.63, 3.8) is 0 Å². The first kappa shape index (κ1) is 30.6. The van der Waals surface area contributed by atoms with Crippen molar-refractivity contribution >= 4 is 32.6 Å². The molecule has 5 nitrogen and oxygen atoms in total. The van der Waals surface area contributed by atoms with E-state index in [0.29, 0.717) is 5.82 Å². The van der Waals surface area contributed by atoms with Gasteiger partial charge in [-0.25, -0.2) is 15.0 Å². The van der Waals surface area contributed by atoms with Crippen LogP contribution in [0.15, 0.2) is 188 Å². The first-order valence-corrected chi connectivity index (χ1v) is 17.7. The molecule has 0 saturated heterocycles. The van der Waals surface area contributed by atoms with E-state index in [2.05, 4.69) is 143 Å². The van der Waals surface area contributed by atoms with Crippen LogP contribution in [0, 0.1) is 0 Å². The van der Waals surface area contributed by atoms with Crippen LogP contribution in [0.1, 0.15) is 0 Å². The minimum absolute atomic E-state index is 0.708. The Labute approximate surface area is 306 Å². The number of nitrogens with zero attached hydrogens (tertiary/aromatic N) is 5. The van der Waals surface area contributed by atoms with Gasteiger partial charge in [0.1, 0.15) is 5.82 Å². The van der Waals surface area contributed by atoms with Crippen LogP contribution in [0.5, 0.6) is 0 Å². The molecule has 0 atom stereocenters. The quantitative estimate of drug-likeness (QED) is 0.164. The lowest BCUT2D eigenvalue weighted by Crippen LogP contribution is -1.98. The number of pyridine rings is 1. The molecular formula is C48H31N5. The Balaban J connectivity index is 1.06. The maximum Gasteiger partial charge on any atom is 0.160 e. The van der Waals surface area contributed by atoms with Crippen LogP contribution in [-0.2, 0) is 0 Å². The van der Waals surface area contributed by atoms with E-state index in [9.17, 15) is 0 Å². The van der Waals surface area contributed by atoms with Crippen molar-refractivity contribution in [2.45, 2.75) is 0 Å². The summed E-state index contributed by atoms with van der Waals surface area (Å²) in [6.07, 6.45) is 3.84. The number of hydrogen-bond donors (Lipinski definition) is 0. The molecule has 0 radical (unpaired) electrons. The largest absolute Gasteiger partial charge is 0.292 e. The van der Waals surface area contributed by atoms with Gasteiger partial charge in [0.05, 0.1) is 22.4 Å². The van der Waals surface area contributed by atoms with Gasteiger partial charge in [0.2, 0.25) is 0 Å². The standard InChI is InChI=1S/C48H31N5/c1-4-12-34(13-5-1)43-30-44(51-47(50-43)36-14-6-2-7-15-36)35-22-20-32(21-23-35)33-24-26-38(27-25-33)53-46-42-31-49-29-28-40(42)39-18-10-11-19-41(39)45(46)52-48(53)37-16-8-3-9-17-37/h1-31H. The lowest BCUT2D eigenvalue weighted by molar-refractivity contribution is 1.11. The second kappa shape index (κ2) is 12.8. The third-order valence-corrected chi connectivity index (χ3v) is 9.93. The van der Waals surface area contributed by atoms with Gasteiger partial charge in [-0.2, -0.15) is 0 Å². The molecule has 10 aromatic rings. The van der Waals surface area contributed by atoms with Crippen molar-refractivity contribution in [1.29, 1.82) is 0 Å². The Morgan fingerprint density at radius 1 is 0.377 bits per heavy atom. The Bertz CT molecular complexity index is 2840. The fourth-order valence-corrected chi connectivity index (χ4v) is 7.34. The van der Waals surface area contributed by atoms with E-state index >= 15 is 0 Å². The van der Waals surface area contributed by atoms with Crippen molar-refractivity contribution < 1.29 is 0 Å². The number of aromatic nitrogens is 5. The summed E-state index contributed by atoms with van der Waals surface area (Å²) in [7, 11) is 0. The fourth-order valence-electron chi connectivity index (χ4n) is 7.34. The van der Waals surface area contributed by atoms with Gasteiger partial charge in [-0.15, -0.1) is 0 Å². The first-order valence-electron chi connectivity index (χ1n) is 17.7. The van der Waals surface area contributed by atoms with Gasteiger partial charge in [0.15, 0.2) is 5.82 Å². The highest BCUT2D eigenvalue weighted by Crippen LogP contribution is 2.39. The summed E-state index contributed by atoms with van der Waals surface area (Å²) in [6, 6.07) is 61.0. The van der Waals surface area contributed by atoms with Gasteiger partial charge in [-0.05, 0) is 46.2 Å². The molecule has 0 saturated carbocycles. The molecule has 0 spiro atoms. The van der Waals surface area contributed by atoms with Crippen LogP contribution in [0.4, 0.5) is 0 Å². The molecule has 3 heterocycles. The molecule has 0 unspecified atom stereocenters. The summed E-state index contributed by atoms with van der Waals surface area (Å²) in [6.45, 7) is 0. The lowest BCUT2D eigenvalue weighted by Gasteiger charge is -2.13. The molecule has 0 aliphatic carbocycles. The maximum atomic E-state index is 5.33. The number of imidazole rings is 1. The molecule has 0 aliphatic heterocycles. The Kier molecular flexibility index (Phi) is 7.40. The molecule has 53 heavy (non-hydrogen) atoms. The van der Waals surface area contributed by atoms with Crippen LogP contribution in [-0.4, -0.2) is 24.5 Å². The average Bonchev–Trinajstić information content (AvgIpc) is 3.66. The molecule has 3 aromatic heterocycles. The normalized spacial score (nSPS) is 11.4. The molecule has 248 valence electrons. The zero-order valence-electron chi connectivity index (χ0n) is 28.6. The molecule has 0 amide bonds. The SMILES string of the molecule is c1ccc(-c2cc(-c3ccc(-c4ccc(-n5c(-c6ccccc6)nc6c7ccccc7c7ccncc7c65)cc4)cc3)nc(-c3ccccc3)n2)cc1. The van der Waals surface area contributed by atoms with Crippen molar-refractivity contribution in [3.05, 3.63) is 188 Å². The van der Waals surface area contributed by atoms with Gasteiger partial charge < -0.3 is 0 Å². The van der Waals surface area contributed by atoms with Crippen LogP contribution < -0.4 is 0 Å². The topological polar surface area (TPSA) is 56.5 Å². The van der Waals surface area contributed by atoms with E-state index in [0.717, 1.165) is 83.5 Å². The van der Waals surface area contributed by atoms with Crippen molar-refractivity contribution in [2.75, 3.05) is 0 Å². The maximum absolute atomic E-state index is 5.33. The molecule has 7 aromatic carbocycles. The van der Waals surface area contributed by atoms with Crippen molar-refractivity contribution in [3.8, 4) is 62.1 Å². The Morgan fingerprint density at radius 3 is 1.55 bits per heavy atom. The molecule has 5 heteroatoms. The highest BCUT2D eigenvalue weighted by Gasteiger charge is 2.20. The fraction of sp³-hybridized carbons (Fsp3) is 0. The highest BCUT2D eigenvalue weighted by molar-refractivity contribution is 6.24. The molecule has 0 aliphatic rings. The summed E-state index contributed by atoms with van der Waals surface area (Å²) in [5.74, 6) is 1.61. The molecule has 0 N–H and O–H groups in total. The van der Waals surface area contributed by atoms with Gasteiger partial charge in [-0.1, -0.05) is 152 Å². The second-order valence-electron chi connectivity index (χ2n) is 13.1. The third kappa shape index (κ3) is 5.43. The van der Waals surface area contributed by atoms with Crippen LogP contribution in [0.2, 0.25) is 0 Å². The Hall–Kier alpha value is -7.24. The van der Waals surface area contributed by atoms with E-state index in [4.69, 9.17) is 15.0 Å². The third-order valence-electron chi connectivity index (χ3n) is 9.93. The summed E-state index contributed by atoms with van der Waals surface area (Å²) in [5, 5.41) is 4.54. The lowest BCUT2D eigenvalue weighted by atomic mass is 10.0. The van der Waals surface area contributed by atoms with Crippen LogP contribution in [0.25, 0.3) is 94.7 Å². The predicted octanol–water partition coefficient (Wildman–Crippen LogP) is 11.9. The molecule has 0 fully saturated rings. The summed E-state index contributed by atoms with van der Waals surface area (Å²) >= 11 is 0. The van der Waals surface area contributed by atoms with Gasteiger partial charge in [-0.3, -0.25) is 9.55 Å². The van der Waals surface area contributed by atoms with Crippen molar-refractivity contribution in [2.24, 2.45) is 0 Å². The zero-order chi connectivity index (χ0) is 35.1. The second-order valence-corrected chi connectivity index (χ2v) is 13.1. The van der Waals surface area contributed by atoms with Gasteiger partial charge >= 0.3 is 0 Å². The monoisotopic (exact) mass is 677 g/mol. The summed E-state index contributed by atoms with van der Waals surface area (Å²) in [5.41, 5.74) is 11.2. The first-order chi connectivity index (χ1) is 26.3. The van der Waals surface area contributed by atoms with Gasteiger partial charge in [0, 0.05) is 51.1 Å². The van der Waals surface area contributed by atoms with E-state index < -0.39 is 0 Å². The minimum Gasteiger partial charge on any atom is -0.292 e. The number of rotatable bonds is 6. The molecule has 10 rings (SSSR count). The van der Waals surface area contributed by atoms with E-state index in [-0.39, 0.29) is 0 Å². The Morgan fingerprint density at radius 2 is 0.887 bits per heavy atom. The van der Waals surface area contributed by atoms with Crippen molar-refractivity contribution in [1.82, 2.24) is 24.5 Å². The number of fused-ring (bicyclic) bond motifs is 6. The minimum atomic E-state index is 0.708. The zero-order valence-corrected chi connectivity index (χ0v) is 28.6.